The summed E-state index contributed by atoms with van der Waals surface area (Å²) in [6.45, 7) is 5.25. The summed E-state index contributed by atoms with van der Waals surface area (Å²) in [5.74, 6) is -0.0496. The van der Waals surface area contributed by atoms with Gasteiger partial charge in [0, 0.05) is 18.8 Å². The third-order valence-electron chi connectivity index (χ3n) is 4.86. The van der Waals surface area contributed by atoms with Gasteiger partial charge in [-0.2, -0.15) is 0 Å². The van der Waals surface area contributed by atoms with Gasteiger partial charge in [-0.3, -0.25) is 4.79 Å². The van der Waals surface area contributed by atoms with Crippen LogP contribution in [0.1, 0.15) is 23.1 Å². The zero-order valence-electron chi connectivity index (χ0n) is 15.3. The van der Waals surface area contributed by atoms with Crippen LogP contribution in [0.5, 0.6) is 0 Å². The summed E-state index contributed by atoms with van der Waals surface area (Å²) in [5, 5.41) is 5.63. The zero-order chi connectivity index (χ0) is 18.5. The maximum Gasteiger partial charge on any atom is 0.315 e. The van der Waals surface area contributed by atoms with Crippen molar-refractivity contribution in [1.82, 2.24) is 10.6 Å². The van der Waals surface area contributed by atoms with Crippen LogP contribution in [0.3, 0.4) is 0 Å². The van der Waals surface area contributed by atoms with Crippen molar-refractivity contribution in [2.24, 2.45) is 0 Å². The Balaban J connectivity index is 1.50. The average molecular weight is 351 g/mol. The van der Waals surface area contributed by atoms with Crippen molar-refractivity contribution < 1.29 is 9.59 Å². The van der Waals surface area contributed by atoms with E-state index in [4.69, 9.17) is 0 Å². The molecule has 5 heteroatoms. The Morgan fingerprint density at radius 1 is 1.12 bits per heavy atom. The molecule has 1 fully saturated rings. The first-order valence-electron chi connectivity index (χ1n) is 9.01. The molecule has 0 aliphatic carbocycles. The highest BCUT2D eigenvalue weighted by atomic mass is 16.2. The lowest BCUT2D eigenvalue weighted by Gasteiger charge is -2.18. The minimum Gasteiger partial charge on any atom is -0.338 e. The first-order valence-corrected chi connectivity index (χ1v) is 9.01. The molecule has 1 unspecified atom stereocenters. The van der Waals surface area contributed by atoms with E-state index >= 15 is 0 Å². The third-order valence-corrected chi connectivity index (χ3v) is 4.86. The van der Waals surface area contributed by atoms with Crippen LogP contribution in [0.2, 0.25) is 0 Å². The van der Waals surface area contributed by atoms with Crippen LogP contribution in [-0.4, -0.2) is 31.1 Å². The number of nitrogens with zero attached hydrogens (tertiary/aromatic N) is 1. The fraction of sp³-hybridized carbons (Fsp3) is 0.333. The summed E-state index contributed by atoms with van der Waals surface area (Å²) < 4.78 is 0. The summed E-state index contributed by atoms with van der Waals surface area (Å²) in [5.41, 5.74) is 4.43. The molecule has 0 saturated carbocycles. The molecule has 1 aliphatic heterocycles. The topological polar surface area (TPSA) is 61.4 Å². The van der Waals surface area contributed by atoms with Gasteiger partial charge >= 0.3 is 6.03 Å². The minimum atomic E-state index is -0.465. The van der Waals surface area contributed by atoms with Crippen LogP contribution in [-0.2, 0) is 11.2 Å². The van der Waals surface area contributed by atoms with E-state index in [0.717, 1.165) is 17.7 Å². The molecule has 0 spiro atoms. The second-order valence-electron chi connectivity index (χ2n) is 6.74. The van der Waals surface area contributed by atoms with Gasteiger partial charge in [-0.1, -0.05) is 36.4 Å². The molecule has 1 heterocycles. The van der Waals surface area contributed by atoms with E-state index in [1.807, 2.05) is 55.5 Å². The summed E-state index contributed by atoms with van der Waals surface area (Å²) in [6.07, 6.45) is 1.39. The monoisotopic (exact) mass is 351 g/mol. The van der Waals surface area contributed by atoms with Gasteiger partial charge in [0.05, 0.1) is 0 Å². The Hall–Kier alpha value is -2.82. The van der Waals surface area contributed by atoms with Crippen molar-refractivity contribution in [3.63, 3.8) is 0 Å². The molecule has 0 bridgehead atoms. The maximum atomic E-state index is 12.6. The maximum absolute atomic E-state index is 12.6. The summed E-state index contributed by atoms with van der Waals surface area (Å²) in [7, 11) is 0. The lowest BCUT2D eigenvalue weighted by molar-refractivity contribution is -0.118. The Labute approximate surface area is 154 Å². The van der Waals surface area contributed by atoms with Gasteiger partial charge in [-0.25, -0.2) is 4.79 Å². The number of hydrogen-bond acceptors (Lipinski definition) is 2. The number of urea groups is 1. The molecule has 5 nitrogen and oxygen atoms in total. The van der Waals surface area contributed by atoms with Gasteiger partial charge < -0.3 is 15.5 Å². The summed E-state index contributed by atoms with van der Waals surface area (Å²) in [4.78, 5) is 26.5. The van der Waals surface area contributed by atoms with E-state index in [-0.39, 0.29) is 11.9 Å². The quantitative estimate of drug-likeness (QED) is 0.870. The predicted molar refractivity (Wildman–Crippen MR) is 103 cm³/mol. The van der Waals surface area contributed by atoms with Crippen LogP contribution in [0.4, 0.5) is 10.5 Å². The lowest BCUT2D eigenvalue weighted by atomic mass is 10.1. The Morgan fingerprint density at radius 2 is 1.88 bits per heavy atom. The number of aryl methyl sites for hydroxylation is 2. The van der Waals surface area contributed by atoms with Crippen LogP contribution < -0.4 is 15.5 Å². The Bertz CT molecular complexity index is 789. The molecule has 0 radical (unpaired) electrons. The minimum absolute atomic E-state index is 0.0496. The zero-order valence-corrected chi connectivity index (χ0v) is 15.3. The highest BCUT2D eigenvalue weighted by molar-refractivity contribution is 6.01. The van der Waals surface area contributed by atoms with E-state index in [0.29, 0.717) is 19.5 Å². The normalized spacial score (nSPS) is 16.6. The number of nitrogens with one attached hydrogen (secondary N) is 2. The van der Waals surface area contributed by atoms with Crippen molar-refractivity contribution in [2.75, 3.05) is 18.0 Å². The molecule has 3 amide bonds. The number of carbonyl (C=O) groups is 2. The average Bonchev–Trinajstić information content (AvgIpc) is 2.99. The summed E-state index contributed by atoms with van der Waals surface area (Å²) >= 11 is 0. The predicted octanol–water partition coefficient (Wildman–Crippen LogP) is 2.95. The van der Waals surface area contributed by atoms with Crippen LogP contribution in [0, 0.1) is 13.8 Å². The highest BCUT2D eigenvalue weighted by Gasteiger charge is 2.33. The van der Waals surface area contributed by atoms with Crippen molar-refractivity contribution >= 4 is 17.6 Å². The SMILES string of the molecule is Cc1ccc(N2CCC(NC(=O)NCCc3ccccc3)C2=O)cc1C. The van der Waals surface area contributed by atoms with E-state index in [1.165, 1.54) is 11.1 Å². The van der Waals surface area contributed by atoms with Gasteiger partial charge in [-0.15, -0.1) is 0 Å². The van der Waals surface area contributed by atoms with Crippen molar-refractivity contribution in [3.05, 3.63) is 65.2 Å². The molecule has 2 aromatic rings. The molecule has 26 heavy (non-hydrogen) atoms. The number of hydrogen-bond donors (Lipinski definition) is 2. The number of anilines is 1. The molecular weight excluding hydrogens is 326 g/mol. The molecule has 1 atom stereocenters. The molecule has 1 aliphatic rings. The van der Waals surface area contributed by atoms with Gasteiger partial charge in [-0.05, 0) is 55.5 Å². The van der Waals surface area contributed by atoms with Gasteiger partial charge in [0.25, 0.3) is 0 Å². The van der Waals surface area contributed by atoms with E-state index in [2.05, 4.69) is 17.6 Å². The number of benzene rings is 2. The second-order valence-corrected chi connectivity index (χ2v) is 6.74. The second kappa shape index (κ2) is 8.04. The highest BCUT2D eigenvalue weighted by Crippen LogP contribution is 2.24. The smallest absolute Gasteiger partial charge is 0.315 e. The van der Waals surface area contributed by atoms with E-state index in [9.17, 15) is 9.59 Å². The van der Waals surface area contributed by atoms with Crippen molar-refractivity contribution in [3.8, 4) is 0 Å². The molecule has 1 saturated heterocycles. The summed E-state index contributed by atoms with van der Waals surface area (Å²) in [6, 6.07) is 15.2. The fourth-order valence-electron chi connectivity index (χ4n) is 3.14. The largest absolute Gasteiger partial charge is 0.338 e. The molecule has 2 aromatic carbocycles. The molecular formula is C21H25N3O2. The van der Waals surface area contributed by atoms with Gasteiger partial charge in [0.15, 0.2) is 0 Å². The fourth-order valence-corrected chi connectivity index (χ4v) is 3.14. The van der Waals surface area contributed by atoms with Gasteiger partial charge in [0.1, 0.15) is 6.04 Å². The Morgan fingerprint density at radius 3 is 2.62 bits per heavy atom. The lowest BCUT2D eigenvalue weighted by Crippen LogP contribution is -2.46. The van der Waals surface area contributed by atoms with Gasteiger partial charge in [0.2, 0.25) is 5.91 Å². The van der Waals surface area contributed by atoms with Crippen LogP contribution >= 0.6 is 0 Å². The molecule has 2 N–H and O–H groups in total. The van der Waals surface area contributed by atoms with E-state index in [1.54, 1.807) is 4.90 Å². The first-order chi connectivity index (χ1) is 12.5. The third kappa shape index (κ3) is 4.23. The van der Waals surface area contributed by atoms with Crippen LogP contribution in [0.15, 0.2) is 48.5 Å². The molecule has 136 valence electrons. The first kappa shape index (κ1) is 18.0. The standard InChI is InChI=1S/C21H25N3O2/c1-15-8-9-18(14-16(15)2)24-13-11-19(20(24)25)23-21(26)22-12-10-17-6-4-3-5-7-17/h3-9,14,19H,10-13H2,1-2H3,(H2,22,23,26). The van der Waals surface area contributed by atoms with Crippen molar-refractivity contribution in [2.45, 2.75) is 32.7 Å². The van der Waals surface area contributed by atoms with E-state index < -0.39 is 6.04 Å². The van der Waals surface area contributed by atoms with Crippen molar-refractivity contribution in [1.29, 1.82) is 0 Å². The Kier molecular flexibility index (Phi) is 5.56. The van der Waals surface area contributed by atoms with Crippen LogP contribution in [0.25, 0.3) is 0 Å². The number of carbonyl (C=O) groups excluding carboxylic acids is 2. The number of amides is 3. The molecule has 0 aromatic heterocycles. The number of rotatable bonds is 5. The molecule has 3 rings (SSSR count).